The van der Waals surface area contributed by atoms with Gasteiger partial charge in [0.25, 0.3) is 0 Å². The average Bonchev–Trinajstić information content (AvgIpc) is 3.05. The zero-order valence-corrected chi connectivity index (χ0v) is 14.0. The molecule has 0 aromatic carbocycles. The topological polar surface area (TPSA) is 83.7 Å². The van der Waals surface area contributed by atoms with E-state index in [4.69, 9.17) is 17.4 Å². The number of nitrogens with two attached hydrogens (primary N) is 1. The lowest BCUT2D eigenvalue weighted by Gasteiger charge is -2.31. The van der Waals surface area contributed by atoms with Gasteiger partial charge in [-0.15, -0.1) is 0 Å². The van der Waals surface area contributed by atoms with Crippen molar-refractivity contribution in [2.75, 3.05) is 5.01 Å². The van der Waals surface area contributed by atoms with Crippen molar-refractivity contribution >= 4 is 28.5 Å². The van der Waals surface area contributed by atoms with Crippen molar-refractivity contribution in [1.82, 2.24) is 19.9 Å². The van der Waals surface area contributed by atoms with Crippen molar-refractivity contribution < 1.29 is 0 Å². The van der Waals surface area contributed by atoms with Gasteiger partial charge >= 0.3 is 0 Å². The minimum absolute atomic E-state index is 0.348. The van der Waals surface area contributed by atoms with Crippen molar-refractivity contribution in [2.45, 2.75) is 38.1 Å². The Labute approximate surface area is 145 Å². The van der Waals surface area contributed by atoms with Crippen LogP contribution in [0.4, 0.5) is 5.82 Å². The maximum absolute atomic E-state index is 6.33. The minimum Gasteiger partial charge on any atom is -0.345 e. The third-order valence-electron chi connectivity index (χ3n) is 4.61. The Morgan fingerprint density at radius 1 is 1.21 bits per heavy atom. The molecular formula is C17H19ClN6. The highest BCUT2D eigenvalue weighted by molar-refractivity contribution is 6.31. The van der Waals surface area contributed by atoms with Gasteiger partial charge in [0, 0.05) is 41.6 Å². The lowest BCUT2D eigenvalue weighted by Crippen LogP contribution is -2.43. The number of nitrogens with one attached hydrogen (secondary N) is 1. The highest BCUT2D eigenvalue weighted by Gasteiger charge is 2.21. The van der Waals surface area contributed by atoms with Crippen LogP contribution in [-0.4, -0.2) is 26.0 Å². The van der Waals surface area contributed by atoms with E-state index in [0.717, 1.165) is 35.3 Å². The van der Waals surface area contributed by atoms with Crippen LogP contribution < -0.4 is 10.9 Å². The molecule has 0 saturated heterocycles. The first-order valence-electron chi connectivity index (χ1n) is 8.22. The average molecular weight is 343 g/mol. The number of hydrazine groups is 1. The SMILES string of the molecule is NN(c1ccnc(-c2c[nH]c3ncc(Cl)cc23)n1)C1CCCCC1. The highest BCUT2D eigenvalue weighted by atomic mass is 35.5. The first-order valence-corrected chi connectivity index (χ1v) is 8.60. The molecule has 1 saturated carbocycles. The number of hydrogen-bond acceptors (Lipinski definition) is 5. The van der Waals surface area contributed by atoms with E-state index in [1.54, 1.807) is 17.4 Å². The van der Waals surface area contributed by atoms with Crippen LogP contribution in [-0.2, 0) is 0 Å². The Morgan fingerprint density at radius 3 is 2.88 bits per heavy atom. The zero-order chi connectivity index (χ0) is 16.5. The van der Waals surface area contributed by atoms with Crippen molar-refractivity contribution in [3.63, 3.8) is 0 Å². The second-order valence-electron chi connectivity index (χ2n) is 6.19. The van der Waals surface area contributed by atoms with Crippen LogP contribution in [0, 0.1) is 0 Å². The van der Waals surface area contributed by atoms with E-state index < -0.39 is 0 Å². The van der Waals surface area contributed by atoms with E-state index in [-0.39, 0.29) is 0 Å². The molecule has 1 aliphatic carbocycles. The third kappa shape index (κ3) is 2.83. The number of pyridine rings is 1. The van der Waals surface area contributed by atoms with E-state index in [9.17, 15) is 0 Å². The molecule has 7 heteroatoms. The fourth-order valence-electron chi connectivity index (χ4n) is 3.33. The van der Waals surface area contributed by atoms with Crippen LogP contribution in [0.1, 0.15) is 32.1 Å². The normalized spacial score (nSPS) is 15.8. The number of H-pyrrole nitrogens is 1. The van der Waals surface area contributed by atoms with Crippen LogP contribution in [0.25, 0.3) is 22.4 Å². The largest absolute Gasteiger partial charge is 0.345 e. The molecule has 3 N–H and O–H groups in total. The molecule has 0 atom stereocenters. The molecule has 1 fully saturated rings. The Hall–Kier alpha value is -2.18. The van der Waals surface area contributed by atoms with E-state index in [1.807, 2.05) is 18.3 Å². The lowest BCUT2D eigenvalue weighted by atomic mass is 9.95. The molecule has 0 aliphatic heterocycles. The number of hydrogen-bond donors (Lipinski definition) is 2. The van der Waals surface area contributed by atoms with Gasteiger partial charge in [0.15, 0.2) is 5.82 Å². The van der Waals surface area contributed by atoms with Crippen molar-refractivity contribution in [2.24, 2.45) is 5.84 Å². The standard InChI is InChI=1S/C17H19ClN6/c18-11-8-13-14(10-22-16(13)21-9-11)17-20-7-6-15(23-17)24(19)12-4-2-1-3-5-12/h6-10,12H,1-5,19H2,(H,21,22). The molecule has 0 amide bonds. The molecule has 1 aliphatic rings. The second kappa shape index (κ2) is 6.37. The van der Waals surface area contributed by atoms with Gasteiger partial charge in [0.05, 0.1) is 5.02 Å². The number of aromatic nitrogens is 4. The van der Waals surface area contributed by atoms with Crippen LogP contribution in [0.5, 0.6) is 0 Å². The summed E-state index contributed by atoms with van der Waals surface area (Å²) >= 11 is 6.07. The summed E-state index contributed by atoms with van der Waals surface area (Å²) in [6.45, 7) is 0. The van der Waals surface area contributed by atoms with Gasteiger partial charge in [-0.2, -0.15) is 0 Å². The third-order valence-corrected chi connectivity index (χ3v) is 4.82. The summed E-state index contributed by atoms with van der Waals surface area (Å²) in [5, 5.41) is 3.28. The first kappa shape index (κ1) is 15.4. The Morgan fingerprint density at radius 2 is 2.04 bits per heavy atom. The number of aromatic amines is 1. The first-order chi connectivity index (χ1) is 11.7. The van der Waals surface area contributed by atoms with Crippen molar-refractivity contribution in [1.29, 1.82) is 0 Å². The van der Waals surface area contributed by atoms with Crippen LogP contribution in [0.15, 0.2) is 30.7 Å². The zero-order valence-electron chi connectivity index (χ0n) is 13.2. The molecule has 0 unspecified atom stereocenters. The van der Waals surface area contributed by atoms with Gasteiger partial charge in [-0.1, -0.05) is 30.9 Å². The quantitative estimate of drug-likeness (QED) is 0.560. The molecule has 124 valence electrons. The fraction of sp³-hybridized carbons (Fsp3) is 0.353. The van der Waals surface area contributed by atoms with E-state index in [2.05, 4.69) is 19.9 Å². The molecule has 3 heterocycles. The summed E-state index contributed by atoms with van der Waals surface area (Å²) in [6, 6.07) is 4.08. The number of rotatable bonds is 3. The maximum atomic E-state index is 6.33. The summed E-state index contributed by atoms with van der Waals surface area (Å²) in [5.41, 5.74) is 1.64. The van der Waals surface area contributed by atoms with Crippen molar-refractivity contribution in [3.8, 4) is 11.4 Å². The molecule has 0 bridgehead atoms. The highest BCUT2D eigenvalue weighted by Crippen LogP contribution is 2.29. The molecule has 0 radical (unpaired) electrons. The second-order valence-corrected chi connectivity index (χ2v) is 6.63. The molecule has 3 aromatic heterocycles. The summed E-state index contributed by atoms with van der Waals surface area (Å²) in [7, 11) is 0. The molecule has 4 rings (SSSR count). The van der Waals surface area contributed by atoms with Crippen LogP contribution in [0.3, 0.4) is 0 Å². The summed E-state index contributed by atoms with van der Waals surface area (Å²) in [6.07, 6.45) is 11.2. The maximum Gasteiger partial charge on any atom is 0.163 e. The van der Waals surface area contributed by atoms with Gasteiger partial charge in [-0.25, -0.2) is 20.8 Å². The predicted octanol–water partition coefficient (Wildman–Crippen LogP) is 3.69. The van der Waals surface area contributed by atoms with Crippen molar-refractivity contribution in [3.05, 3.63) is 35.7 Å². The molecule has 3 aromatic rings. The molecular weight excluding hydrogens is 324 g/mol. The van der Waals surface area contributed by atoms with Gasteiger partial charge in [-0.05, 0) is 18.9 Å². The number of nitrogens with zero attached hydrogens (tertiary/aromatic N) is 4. The van der Waals surface area contributed by atoms with Crippen LogP contribution >= 0.6 is 11.6 Å². The van der Waals surface area contributed by atoms with E-state index >= 15 is 0 Å². The Kier molecular flexibility index (Phi) is 4.08. The van der Waals surface area contributed by atoms with Gasteiger partial charge in [-0.3, -0.25) is 5.01 Å². The fourth-order valence-corrected chi connectivity index (χ4v) is 3.49. The number of fused-ring (bicyclic) bond motifs is 1. The summed E-state index contributed by atoms with van der Waals surface area (Å²) in [5.74, 6) is 7.70. The summed E-state index contributed by atoms with van der Waals surface area (Å²) in [4.78, 5) is 16.5. The van der Waals surface area contributed by atoms with Gasteiger partial charge < -0.3 is 4.98 Å². The lowest BCUT2D eigenvalue weighted by molar-refractivity contribution is 0.416. The van der Waals surface area contributed by atoms with E-state index in [0.29, 0.717) is 16.9 Å². The van der Waals surface area contributed by atoms with Gasteiger partial charge in [0.1, 0.15) is 11.5 Å². The van der Waals surface area contributed by atoms with E-state index in [1.165, 1.54) is 19.3 Å². The molecule has 0 spiro atoms. The van der Waals surface area contributed by atoms with Gasteiger partial charge in [0.2, 0.25) is 0 Å². The Balaban J connectivity index is 1.70. The minimum atomic E-state index is 0.348. The van der Waals surface area contributed by atoms with Crippen LogP contribution in [0.2, 0.25) is 5.02 Å². The summed E-state index contributed by atoms with van der Waals surface area (Å²) < 4.78 is 0. The molecule has 24 heavy (non-hydrogen) atoms. The Bertz CT molecular complexity index is 855. The number of halogens is 1. The predicted molar refractivity (Wildman–Crippen MR) is 95.7 cm³/mol. The monoisotopic (exact) mass is 342 g/mol. The number of anilines is 1. The smallest absolute Gasteiger partial charge is 0.163 e. The molecule has 6 nitrogen and oxygen atoms in total.